The third-order valence-electron chi connectivity index (χ3n) is 7.63. The van der Waals surface area contributed by atoms with Gasteiger partial charge in [-0.3, -0.25) is 4.79 Å². The zero-order chi connectivity index (χ0) is 24.7. The minimum absolute atomic E-state index is 0.0489. The lowest BCUT2D eigenvalue weighted by Gasteiger charge is -2.42. The fourth-order valence-corrected chi connectivity index (χ4v) is 5.55. The van der Waals surface area contributed by atoms with Gasteiger partial charge in [-0.15, -0.1) is 0 Å². The molecule has 0 saturated heterocycles. The number of hydrogen-bond donors (Lipinski definition) is 0. The van der Waals surface area contributed by atoms with Crippen molar-refractivity contribution in [3.8, 4) is 5.75 Å². The molecule has 0 radical (unpaired) electrons. The Morgan fingerprint density at radius 1 is 1.12 bits per heavy atom. The minimum Gasteiger partial charge on any atom is -0.497 e. The van der Waals surface area contributed by atoms with Crippen LogP contribution in [0.1, 0.15) is 64.9 Å². The van der Waals surface area contributed by atoms with Crippen LogP contribution in [-0.2, 0) is 30.4 Å². The molecule has 0 N–H and O–H groups in total. The van der Waals surface area contributed by atoms with Gasteiger partial charge >= 0.3 is 0 Å². The van der Waals surface area contributed by atoms with Crippen molar-refractivity contribution in [3.05, 3.63) is 41.0 Å². The molecule has 4 atom stereocenters. The summed E-state index contributed by atoms with van der Waals surface area (Å²) in [6.45, 7) is 6.57. The van der Waals surface area contributed by atoms with Gasteiger partial charge in [0.05, 0.1) is 25.9 Å². The molecule has 3 rings (SSSR count). The Labute approximate surface area is 204 Å². The van der Waals surface area contributed by atoms with E-state index < -0.39 is 5.41 Å². The fraction of sp³-hybridized carbons (Fsp3) is 0.643. The summed E-state index contributed by atoms with van der Waals surface area (Å²) in [4.78, 5) is 25.0. The highest BCUT2D eigenvalue weighted by molar-refractivity contribution is 5.90. The monoisotopic (exact) mass is 472 g/mol. The van der Waals surface area contributed by atoms with E-state index in [-0.39, 0.29) is 36.6 Å². The standard InChI is InChI=1S/C28H40O6/c1-19-24(33-17-20-10-12-23(32-5)13-11-20)15-26(30)28(2,3)27(19)25(34-18-31-4)14-21-8-6-7-9-22(21)16-29/h10-13,16,21-22,24-25H,6-9,14-15,17-18H2,1-5H3/t21-,22-,24?,25-/m0/s1. The number of carbonyl (C=O) groups is 2. The van der Waals surface area contributed by atoms with E-state index in [4.69, 9.17) is 18.9 Å². The second-order valence-corrected chi connectivity index (χ2v) is 10.1. The first-order valence-electron chi connectivity index (χ1n) is 12.4. The molecule has 34 heavy (non-hydrogen) atoms. The normalized spacial score (nSPS) is 25.8. The number of ether oxygens (including phenoxy) is 4. The molecule has 0 amide bonds. The Balaban J connectivity index is 1.86. The highest BCUT2D eigenvalue weighted by Gasteiger charge is 2.45. The van der Waals surface area contributed by atoms with Gasteiger partial charge in [0.2, 0.25) is 0 Å². The fourth-order valence-electron chi connectivity index (χ4n) is 5.55. The Bertz CT molecular complexity index is 856. The summed E-state index contributed by atoms with van der Waals surface area (Å²) in [5, 5.41) is 0. The van der Waals surface area contributed by atoms with Crippen LogP contribution >= 0.6 is 0 Å². The van der Waals surface area contributed by atoms with Crippen LogP contribution in [0.3, 0.4) is 0 Å². The second kappa shape index (κ2) is 12.1. The highest BCUT2D eigenvalue weighted by atomic mass is 16.7. The van der Waals surface area contributed by atoms with E-state index in [1.807, 2.05) is 38.1 Å². The number of rotatable bonds is 11. The average molecular weight is 473 g/mol. The minimum atomic E-state index is -0.659. The molecular formula is C28H40O6. The Morgan fingerprint density at radius 3 is 2.47 bits per heavy atom. The number of benzene rings is 1. The predicted octanol–water partition coefficient (Wildman–Crippen LogP) is 5.28. The van der Waals surface area contributed by atoms with Gasteiger partial charge < -0.3 is 23.7 Å². The molecule has 0 aliphatic heterocycles. The van der Waals surface area contributed by atoms with Crippen molar-refractivity contribution in [1.82, 2.24) is 0 Å². The highest BCUT2D eigenvalue weighted by Crippen LogP contribution is 2.44. The maximum atomic E-state index is 13.3. The van der Waals surface area contributed by atoms with Gasteiger partial charge in [-0.25, -0.2) is 0 Å². The van der Waals surface area contributed by atoms with Crippen LogP contribution in [0, 0.1) is 17.3 Å². The zero-order valence-electron chi connectivity index (χ0n) is 21.3. The number of methoxy groups -OCH3 is 2. The molecule has 1 aromatic carbocycles. The lowest BCUT2D eigenvalue weighted by atomic mass is 9.66. The van der Waals surface area contributed by atoms with Gasteiger partial charge in [-0.05, 0) is 74.8 Å². The van der Waals surface area contributed by atoms with Crippen LogP contribution in [0.15, 0.2) is 35.4 Å². The zero-order valence-corrected chi connectivity index (χ0v) is 21.3. The Hall–Kier alpha value is -2.02. The molecule has 6 heteroatoms. The summed E-state index contributed by atoms with van der Waals surface area (Å²) in [7, 11) is 3.24. The first kappa shape index (κ1) is 26.6. The van der Waals surface area contributed by atoms with E-state index in [1.165, 1.54) is 0 Å². The molecule has 1 saturated carbocycles. The summed E-state index contributed by atoms with van der Waals surface area (Å²) in [5.74, 6) is 1.24. The third kappa shape index (κ3) is 6.15. The van der Waals surface area contributed by atoms with Crippen LogP contribution < -0.4 is 4.74 Å². The molecule has 1 unspecified atom stereocenters. The molecule has 0 heterocycles. The van der Waals surface area contributed by atoms with E-state index in [0.717, 1.165) is 54.4 Å². The molecule has 188 valence electrons. The van der Waals surface area contributed by atoms with E-state index in [0.29, 0.717) is 19.4 Å². The van der Waals surface area contributed by atoms with Crippen LogP contribution in [0.2, 0.25) is 0 Å². The molecule has 1 fully saturated rings. The average Bonchev–Trinajstić information content (AvgIpc) is 2.84. The molecule has 2 aliphatic carbocycles. The van der Waals surface area contributed by atoms with Gasteiger partial charge in [0.1, 0.15) is 24.6 Å². The number of Topliss-reactive ketones (excluding diaryl/α,β-unsaturated/α-hetero) is 1. The second-order valence-electron chi connectivity index (χ2n) is 10.1. The predicted molar refractivity (Wildman–Crippen MR) is 131 cm³/mol. The summed E-state index contributed by atoms with van der Waals surface area (Å²) in [6, 6.07) is 7.76. The van der Waals surface area contributed by atoms with Crippen LogP contribution in [-0.4, -0.2) is 45.3 Å². The summed E-state index contributed by atoms with van der Waals surface area (Å²) < 4.78 is 22.9. The maximum Gasteiger partial charge on any atom is 0.147 e. The molecule has 6 nitrogen and oxygen atoms in total. The van der Waals surface area contributed by atoms with Crippen molar-refractivity contribution < 1.29 is 28.5 Å². The number of ketones is 1. The smallest absolute Gasteiger partial charge is 0.147 e. The van der Waals surface area contributed by atoms with Crippen molar-refractivity contribution in [2.45, 2.75) is 78.1 Å². The van der Waals surface area contributed by atoms with Crippen molar-refractivity contribution in [3.63, 3.8) is 0 Å². The Morgan fingerprint density at radius 2 is 1.82 bits per heavy atom. The SMILES string of the molecule is COCO[C@@H](C[C@@H]1CCCC[C@H]1C=O)C1=C(C)C(OCc2ccc(OC)cc2)CC(=O)C1(C)C. The van der Waals surface area contributed by atoms with E-state index in [2.05, 4.69) is 6.92 Å². The molecular weight excluding hydrogens is 432 g/mol. The van der Waals surface area contributed by atoms with E-state index >= 15 is 0 Å². The van der Waals surface area contributed by atoms with E-state index in [1.54, 1.807) is 14.2 Å². The van der Waals surface area contributed by atoms with Crippen LogP contribution in [0.25, 0.3) is 0 Å². The topological polar surface area (TPSA) is 71.1 Å². The number of aldehydes is 1. The first-order valence-corrected chi connectivity index (χ1v) is 12.4. The number of carbonyl (C=O) groups excluding carboxylic acids is 2. The summed E-state index contributed by atoms with van der Waals surface area (Å²) in [6.07, 6.45) is 5.72. The molecule has 0 aromatic heterocycles. The lowest BCUT2D eigenvalue weighted by Crippen LogP contribution is -2.43. The van der Waals surface area contributed by atoms with Crippen molar-refractivity contribution in [1.29, 1.82) is 0 Å². The quantitative estimate of drug-likeness (QED) is 0.248. The van der Waals surface area contributed by atoms with Crippen LogP contribution in [0.4, 0.5) is 0 Å². The van der Waals surface area contributed by atoms with Gasteiger partial charge in [-0.2, -0.15) is 0 Å². The summed E-state index contributed by atoms with van der Waals surface area (Å²) in [5.41, 5.74) is 2.40. The maximum absolute atomic E-state index is 13.3. The first-order chi connectivity index (χ1) is 16.3. The van der Waals surface area contributed by atoms with Gasteiger partial charge in [0.25, 0.3) is 0 Å². The summed E-state index contributed by atoms with van der Waals surface area (Å²) >= 11 is 0. The molecule has 1 aromatic rings. The molecule has 0 spiro atoms. The van der Waals surface area contributed by atoms with Gasteiger partial charge in [0.15, 0.2) is 0 Å². The lowest BCUT2D eigenvalue weighted by molar-refractivity contribution is -0.132. The van der Waals surface area contributed by atoms with Crippen molar-refractivity contribution in [2.75, 3.05) is 21.0 Å². The molecule has 2 aliphatic rings. The third-order valence-corrected chi connectivity index (χ3v) is 7.63. The van der Waals surface area contributed by atoms with Crippen molar-refractivity contribution in [2.24, 2.45) is 17.3 Å². The van der Waals surface area contributed by atoms with Gasteiger partial charge in [0, 0.05) is 24.9 Å². The van der Waals surface area contributed by atoms with Crippen molar-refractivity contribution >= 4 is 12.1 Å². The molecule has 0 bridgehead atoms. The van der Waals surface area contributed by atoms with Gasteiger partial charge in [-0.1, -0.05) is 25.0 Å². The largest absolute Gasteiger partial charge is 0.497 e. The van der Waals surface area contributed by atoms with E-state index in [9.17, 15) is 9.59 Å². The Kier molecular flexibility index (Phi) is 9.46. The van der Waals surface area contributed by atoms with Crippen LogP contribution in [0.5, 0.6) is 5.75 Å². The number of hydrogen-bond acceptors (Lipinski definition) is 6.